The van der Waals surface area contributed by atoms with Crippen LogP contribution >= 0.6 is 7.82 Å². The highest BCUT2D eigenvalue weighted by Gasteiger charge is 2.27. The number of carbonyl (C=O) groups excluding carboxylic acids is 1. The van der Waals surface area contributed by atoms with E-state index in [9.17, 15) is 19.4 Å². The third kappa shape index (κ3) is 53.6. The molecule has 402 valence electrons. The third-order valence-corrected chi connectivity index (χ3v) is 13.6. The quantitative estimate of drug-likeness (QED) is 0.0243. The summed E-state index contributed by atoms with van der Waals surface area (Å²) in [6.07, 6.45) is 70.0. The van der Waals surface area contributed by atoms with Gasteiger partial charge in [-0.05, 0) is 83.5 Å². The summed E-state index contributed by atoms with van der Waals surface area (Å²) >= 11 is 0. The van der Waals surface area contributed by atoms with Crippen molar-refractivity contribution >= 4 is 13.7 Å². The van der Waals surface area contributed by atoms with Crippen molar-refractivity contribution in [3.05, 3.63) is 72.9 Å². The van der Waals surface area contributed by atoms with Gasteiger partial charge in [-0.15, -0.1) is 0 Å². The lowest BCUT2D eigenvalue weighted by molar-refractivity contribution is -0.870. The molecule has 0 saturated carbocycles. The minimum Gasteiger partial charge on any atom is -0.387 e. The topological polar surface area (TPSA) is 105 Å². The van der Waals surface area contributed by atoms with E-state index < -0.39 is 20.0 Å². The molecule has 0 aromatic heterocycles. The van der Waals surface area contributed by atoms with Crippen LogP contribution in [0.2, 0.25) is 0 Å². The Bertz CT molecular complexity index is 1350. The molecule has 3 unspecified atom stereocenters. The molecule has 0 aliphatic rings. The zero-order valence-corrected chi connectivity index (χ0v) is 46.7. The molecular weight excluding hydrogens is 876 g/mol. The fourth-order valence-electron chi connectivity index (χ4n) is 8.08. The van der Waals surface area contributed by atoms with Crippen LogP contribution in [0.4, 0.5) is 0 Å². The van der Waals surface area contributed by atoms with E-state index >= 15 is 0 Å². The zero-order chi connectivity index (χ0) is 50.6. The predicted molar refractivity (Wildman–Crippen MR) is 300 cm³/mol. The van der Waals surface area contributed by atoms with Gasteiger partial charge in [0.05, 0.1) is 39.9 Å². The van der Waals surface area contributed by atoms with Gasteiger partial charge >= 0.3 is 7.82 Å². The Labute approximate surface area is 427 Å². The van der Waals surface area contributed by atoms with Gasteiger partial charge in [-0.3, -0.25) is 13.8 Å². The normalized spacial score (nSPS) is 14.5. The number of phosphoric ester groups is 1. The van der Waals surface area contributed by atoms with E-state index in [-0.39, 0.29) is 19.1 Å². The maximum atomic E-state index is 13.0. The van der Waals surface area contributed by atoms with Gasteiger partial charge in [0.1, 0.15) is 13.2 Å². The molecule has 1 amide bonds. The molecule has 0 bridgehead atoms. The minimum absolute atomic E-state index is 0.0513. The average Bonchev–Trinajstić information content (AvgIpc) is 3.31. The number of phosphoric acid groups is 1. The Kier molecular flexibility index (Phi) is 49.3. The number of hydrogen-bond acceptors (Lipinski definition) is 5. The largest absolute Gasteiger partial charge is 0.472 e. The maximum Gasteiger partial charge on any atom is 0.472 e. The Morgan fingerprint density at radius 3 is 1.26 bits per heavy atom. The summed E-state index contributed by atoms with van der Waals surface area (Å²) < 4.78 is 23.7. The molecule has 0 aliphatic heterocycles. The van der Waals surface area contributed by atoms with E-state index in [0.717, 1.165) is 57.8 Å². The SMILES string of the molecule is CCCCCCC/C=C\C/C=C\C/C=C\CCCCCCCCCCCCCCCCC(=O)NC(COP(=O)(O)OCC[N+](C)(C)C)C(O)/C=C/CC/C=C/CC/C=C/CCCCCCCCCC. The summed E-state index contributed by atoms with van der Waals surface area (Å²) in [7, 11) is 1.54. The van der Waals surface area contributed by atoms with Crippen LogP contribution in [0.25, 0.3) is 0 Å². The molecule has 0 saturated heterocycles. The first-order valence-corrected chi connectivity index (χ1v) is 30.3. The van der Waals surface area contributed by atoms with Gasteiger partial charge in [0.25, 0.3) is 0 Å². The van der Waals surface area contributed by atoms with Gasteiger partial charge in [-0.1, -0.05) is 234 Å². The second-order valence-electron chi connectivity index (χ2n) is 20.6. The molecule has 3 atom stereocenters. The number of nitrogens with one attached hydrogen (secondary N) is 1. The van der Waals surface area contributed by atoms with Crippen LogP contribution in [-0.4, -0.2) is 73.4 Å². The second-order valence-corrected chi connectivity index (χ2v) is 22.1. The standard InChI is InChI=1S/C60H111N2O6P/c1-6-8-10-12-14-16-18-20-22-24-26-27-28-29-30-31-32-33-34-35-36-38-40-42-44-46-48-50-52-54-60(64)61-58(57-68-69(65,66)67-56-55-62(3,4)5)59(63)53-51-49-47-45-43-41-39-37-25-23-21-19-17-15-13-11-9-7-2/h18,20,24-26,28-29,37,43,45,51,53,58-59,63H,6-17,19,21-23,27,30-36,38-42,44,46-50,52,54-57H2,1-5H3,(H-,61,64,65,66)/p+1/b20-18-,26-24-,29-28-,37-25+,45-43+,53-51+. The highest BCUT2D eigenvalue weighted by atomic mass is 31.2. The number of likely N-dealkylation sites (N-methyl/N-ethyl adjacent to an activating group) is 1. The molecule has 0 aromatic rings. The summed E-state index contributed by atoms with van der Waals surface area (Å²) in [6.45, 7) is 4.78. The number of quaternary nitrogens is 1. The van der Waals surface area contributed by atoms with Gasteiger partial charge in [0.15, 0.2) is 0 Å². The number of unbranched alkanes of at least 4 members (excludes halogenated alkanes) is 29. The van der Waals surface area contributed by atoms with E-state index in [2.05, 4.69) is 79.9 Å². The minimum atomic E-state index is -4.36. The van der Waals surface area contributed by atoms with Crippen molar-refractivity contribution in [2.75, 3.05) is 40.9 Å². The molecule has 0 aliphatic carbocycles. The Balaban J connectivity index is 4.22. The summed E-state index contributed by atoms with van der Waals surface area (Å²) in [4.78, 5) is 23.3. The lowest BCUT2D eigenvalue weighted by Crippen LogP contribution is -2.45. The molecule has 0 radical (unpaired) electrons. The number of aliphatic hydroxyl groups excluding tert-OH is 1. The lowest BCUT2D eigenvalue weighted by Gasteiger charge is -2.25. The maximum absolute atomic E-state index is 13.0. The smallest absolute Gasteiger partial charge is 0.387 e. The first-order valence-electron chi connectivity index (χ1n) is 28.8. The van der Waals surface area contributed by atoms with Crippen LogP contribution in [-0.2, 0) is 18.4 Å². The van der Waals surface area contributed by atoms with Crippen LogP contribution in [0.1, 0.15) is 251 Å². The summed E-state index contributed by atoms with van der Waals surface area (Å²) in [5.41, 5.74) is 0. The molecule has 0 heterocycles. The van der Waals surface area contributed by atoms with Crippen molar-refractivity contribution in [2.24, 2.45) is 0 Å². The number of amides is 1. The molecule has 8 nitrogen and oxygen atoms in total. The number of allylic oxidation sites excluding steroid dienone is 11. The lowest BCUT2D eigenvalue weighted by atomic mass is 10.0. The average molecular weight is 989 g/mol. The Morgan fingerprint density at radius 2 is 0.841 bits per heavy atom. The molecule has 0 aromatic carbocycles. The number of hydrogen-bond donors (Lipinski definition) is 3. The van der Waals surface area contributed by atoms with Gasteiger partial charge in [0.2, 0.25) is 5.91 Å². The third-order valence-electron chi connectivity index (χ3n) is 12.6. The fraction of sp³-hybridized carbons (Fsp3) is 0.783. The Hall–Kier alpha value is -2.06. The highest BCUT2D eigenvalue weighted by Crippen LogP contribution is 2.43. The molecule has 0 spiro atoms. The van der Waals surface area contributed by atoms with Crippen LogP contribution in [0, 0.1) is 0 Å². The molecule has 69 heavy (non-hydrogen) atoms. The van der Waals surface area contributed by atoms with Crippen molar-refractivity contribution in [3.63, 3.8) is 0 Å². The van der Waals surface area contributed by atoms with E-state index in [0.29, 0.717) is 17.4 Å². The fourth-order valence-corrected chi connectivity index (χ4v) is 8.82. The first kappa shape index (κ1) is 66.9. The van der Waals surface area contributed by atoms with Gasteiger partial charge < -0.3 is 19.8 Å². The number of aliphatic hydroxyl groups is 1. The van der Waals surface area contributed by atoms with Crippen molar-refractivity contribution in [1.82, 2.24) is 5.32 Å². The molecule has 0 fully saturated rings. The second kappa shape index (κ2) is 50.9. The summed E-state index contributed by atoms with van der Waals surface area (Å²) in [5.74, 6) is -0.192. The molecule has 0 rings (SSSR count). The van der Waals surface area contributed by atoms with Crippen molar-refractivity contribution in [2.45, 2.75) is 264 Å². The molecular formula is C60H112N2O6P+. The highest BCUT2D eigenvalue weighted by molar-refractivity contribution is 7.47. The number of rotatable bonds is 52. The predicted octanol–water partition coefficient (Wildman–Crippen LogP) is 17.5. The van der Waals surface area contributed by atoms with Gasteiger partial charge in [0, 0.05) is 6.42 Å². The van der Waals surface area contributed by atoms with Crippen LogP contribution in [0.15, 0.2) is 72.9 Å². The molecule has 3 N–H and O–H groups in total. The Morgan fingerprint density at radius 1 is 0.493 bits per heavy atom. The van der Waals surface area contributed by atoms with Crippen LogP contribution in [0.5, 0.6) is 0 Å². The van der Waals surface area contributed by atoms with Crippen LogP contribution in [0.3, 0.4) is 0 Å². The van der Waals surface area contributed by atoms with Crippen molar-refractivity contribution in [1.29, 1.82) is 0 Å². The van der Waals surface area contributed by atoms with Gasteiger partial charge in [-0.2, -0.15) is 0 Å². The zero-order valence-electron chi connectivity index (χ0n) is 45.8. The summed E-state index contributed by atoms with van der Waals surface area (Å²) in [6, 6.07) is -0.873. The number of nitrogens with zero attached hydrogens (tertiary/aromatic N) is 1. The first-order chi connectivity index (χ1) is 33.5. The number of carbonyl (C=O) groups is 1. The monoisotopic (exact) mass is 988 g/mol. The van der Waals surface area contributed by atoms with Crippen LogP contribution < -0.4 is 5.32 Å². The van der Waals surface area contributed by atoms with Gasteiger partial charge in [-0.25, -0.2) is 4.57 Å². The van der Waals surface area contributed by atoms with E-state index in [1.54, 1.807) is 6.08 Å². The van der Waals surface area contributed by atoms with E-state index in [1.807, 2.05) is 27.2 Å². The van der Waals surface area contributed by atoms with E-state index in [1.165, 1.54) is 173 Å². The summed E-state index contributed by atoms with van der Waals surface area (Å²) in [5, 5.41) is 13.9. The van der Waals surface area contributed by atoms with E-state index in [4.69, 9.17) is 9.05 Å². The molecule has 9 heteroatoms. The van der Waals surface area contributed by atoms with Crippen molar-refractivity contribution in [3.8, 4) is 0 Å². The van der Waals surface area contributed by atoms with Crippen molar-refractivity contribution < 1.29 is 32.9 Å².